The van der Waals surface area contributed by atoms with Crippen molar-refractivity contribution in [2.75, 3.05) is 40.5 Å². The number of hydrogen-bond acceptors (Lipinski definition) is 5. The summed E-state index contributed by atoms with van der Waals surface area (Å²) >= 11 is 5.28. The molecule has 6 heteroatoms. The molecule has 2 unspecified atom stereocenters. The number of halogens is 1. The van der Waals surface area contributed by atoms with Gasteiger partial charge in [-0.3, -0.25) is 4.90 Å². The summed E-state index contributed by atoms with van der Waals surface area (Å²) in [7, 11) is 3.45. The molecule has 2 N–H and O–H groups in total. The molecule has 0 spiro atoms. The van der Waals surface area contributed by atoms with Crippen LogP contribution in [0.3, 0.4) is 0 Å². The second-order valence-corrected chi connectivity index (χ2v) is 7.17. The Bertz CT molecular complexity index is 368. The molecule has 2 atom stereocenters. The van der Waals surface area contributed by atoms with E-state index < -0.39 is 0 Å². The molecular formula is C14H25BrN2O2S. The number of nitrogens with two attached hydrogens (primary N) is 1. The number of hydrogen-bond donors (Lipinski definition) is 1. The minimum atomic E-state index is 0.106. The zero-order chi connectivity index (χ0) is 15.0. The van der Waals surface area contributed by atoms with Crippen LogP contribution in [0.5, 0.6) is 0 Å². The molecule has 0 aliphatic heterocycles. The van der Waals surface area contributed by atoms with Gasteiger partial charge in [-0.15, -0.1) is 11.3 Å². The van der Waals surface area contributed by atoms with Gasteiger partial charge in [-0.1, -0.05) is 6.92 Å². The van der Waals surface area contributed by atoms with Crippen molar-refractivity contribution in [3.05, 3.63) is 20.8 Å². The number of nitrogens with zero attached hydrogens (tertiary/aromatic N) is 1. The molecule has 1 aromatic rings. The maximum absolute atomic E-state index is 6.37. The van der Waals surface area contributed by atoms with Gasteiger partial charge in [0.1, 0.15) is 0 Å². The van der Waals surface area contributed by atoms with Crippen LogP contribution in [-0.4, -0.2) is 51.5 Å². The molecule has 0 aliphatic rings. The lowest BCUT2D eigenvalue weighted by atomic mass is 10.0. The first-order chi connectivity index (χ1) is 9.63. The second-order valence-electron chi connectivity index (χ2n) is 4.68. The first-order valence-corrected chi connectivity index (χ1v) is 8.47. The third kappa shape index (κ3) is 5.42. The summed E-state index contributed by atoms with van der Waals surface area (Å²) in [6.07, 6.45) is 0.941. The molecule has 0 aromatic carbocycles. The van der Waals surface area contributed by atoms with E-state index in [1.807, 2.05) is 0 Å². The van der Waals surface area contributed by atoms with Crippen molar-refractivity contribution in [1.82, 2.24) is 4.90 Å². The quantitative estimate of drug-likeness (QED) is 0.693. The molecule has 4 nitrogen and oxygen atoms in total. The highest BCUT2D eigenvalue weighted by Gasteiger charge is 2.26. The summed E-state index contributed by atoms with van der Waals surface area (Å²) in [5, 5.41) is 0. The average molecular weight is 365 g/mol. The van der Waals surface area contributed by atoms with E-state index in [2.05, 4.69) is 39.9 Å². The van der Waals surface area contributed by atoms with Gasteiger partial charge in [-0.25, -0.2) is 0 Å². The Labute approximate surface area is 134 Å². The Hall–Kier alpha value is 0.0200. The lowest BCUT2D eigenvalue weighted by Gasteiger charge is -2.34. The number of ether oxygens (including phenoxy) is 2. The van der Waals surface area contributed by atoms with Crippen LogP contribution >= 0.6 is 27.3 Å². The summed E-state index contributed by atoms with van der Waals surface area (Å²) in [6, 6.07) is 4.55. The van der Waals surface area contributed by atoms with Crippen molar-refractivity contribution in [1.29, 1.82) is 0 Å². The average Bonchev–Trinajstić information content (AvgIpc) is 2.87. The maximum Gasteiger partial charge on any atom is 0.0702 e. The van der Waals surface area contributed by atoms with Gasteiger partial charge in [0.15, 0.2) is 0 Å². The third-order valence-corrected chi connectivity index (χ3v) is 5.02. The van der Waals surface area contributed by atoms with E-state index in [0.717, 1.165) is 23.3 Å². The molecular weight excluding hydrogens is 340 g/mol. The zero-order valence-electron chi connectivity index (χ0n) is 12.5. The standard InChI is InChI=1S/C14H25BrN2O2S/c1-4-11(16)14(12-5-6-13(15)20-12)17(7-9-18-2)8-10-19-3/h5-6,11,14H,4,7-10,16H2,1-3H3. The van der Waals surface area contributed by atoms with E-state index in [1.165, 1.54) is 4.88 Å². The summed E-state index contributed by atoms with van der Waals surface area (Å²) in [4.78, 5) is 3.65. The van der Waals surface area contributed by atoms with Crippen molar-refractivity contribution in [2.24, 2.45) is 5.73 Å². The zero-order valence-corrected chi connectivity index (χ0v) is 14.9. The predicted octanol–water partition coefficient (Wildman–Crippen LogP) is 2.88. The van der Waals surface area contributed by atoms with Crippen molar-refractivity contribution in [3.63, 3.8) is 0 Å². The third-order valence-electron chi connectivity index (χ3n) is 3.32. The molecule has 0 saturated heterocycles. The van der Waals surface area contributed by atoms with Crippen LogP contribution < -0.4 is 5.73 Å². The molecule has 0 aliphatic carbocycles. The first-order valence-electron chi connectivity index (χ1n) is 6.86. The van der Waals surface area contributed by atoms with Crippen LogP contribution in [0.1, 0.15) is 24.3 Å². The Kier molecular flexibility index (Phi) is 8.91. The molecule has 1 rings (SSSR count). The van der Waals surface area contributed by atoms with Crippen molar-refractivity contribution in [2.45, 2.75) is 25.4 Å². The van der Waals surface area contributed by atoms with Gasteiger partial charge in [-0.05, 0) is 34.5 Å². The maximum atomic E-state index is 6.37. The van der Waals surface area contributed by atoms with Gasteiger partial charge in [0.25, 0.3) is 0 Å². The predicted molar refractivity (Wildman–Crippen MR) is 88.4 cm³/mol. The highest BCUT2D eigenvalue weighted by Crippen LogP contribution is 2.33. The molecule has 0 bridgehead atoms. The molecule has 0 saturated carbocycles. The van der Waals surface area contributed by atoms with E-state index >= 15 is 0 Å². The molecule has 0 fully saturated rings. The van der Waals surface area contributed by atoms with E-state index in [9.17, 15) is 0 Å². The largest absolute Gasteiger partial charge is 0.383 e. The van der Waals surface area contributed by atoms with E-state index in [0.29, 0.717) is 13.2 Å². The second kappa shape index (κ2) is 9.87. The molecule has 1 heterocycles. The van der Waals surface area contributed by atoms with Crippen molar-refractivity contribution < 1.29 is 9.47 Å². The Morgan fingerprint density at radius 2 is 1.85 bits per heavy atom. The van der Waals surface area contributed by atoms with Crippen molar-refractivity contribution >= 4 is 27.3 Å². The molecule has 0 radical (unpaired) electrons. The van der Waals surface area contributed by atoms with Gasteiger partial charge < -0.3 is 15.2 Å². The first kappa shape index (κ1) is 18.1. The smallest absolute Gasteiger partial charge is 0.0702 e. The fourth-order valence-electron chi connectivity index (χ4n) is 2.18. The van der Waals surface area contributed by atoms with Gasteiger partial charge in [0.05, 0.1) is 23.0 Å². The number of thiophene rings is 1. The van der Waals surface area contributed by atoms with Crippen molar-refractivity contribution in [3.8, 4) is 0 Å². The Morgan fingerprint density at radius 1 is 1.25 bits per heavy atom. The lowest BCUT2D eigenvalue weighted by Crippen LogP contribution is -2.43. The topological polar surface area (TPSA) is 47.7 Å². The van der Waals surface area contributed by atoms with E-state index in [-0.39, 0.29) is 12.1 Å². The van der Waals surface area contributed by atoms with Crippen LogP contribution in [0.2, 0.25) is 0 Å². The van der Waals surface area contributed by atoms with Gasteiger partial charge >= 0.3 is 0 Å². The summed E-state index contributed by atoms with van der Waals surface area (Å²) in [6.45, 7) is 5.24. The van der Waals surface area contributed by atoms with Crippen LogP contribution in [0, 0.1) is 0 Å². The minimum absolute atomic E-state index is 0.106. The minimum Gasteiger partial charge on any atom is -0.383 e. The highest BCUT2D eigenvalue weighted by atomic mass is 79.9. The Morgan fingerprint density at radius 3 is 2.25 bits per heavy atom. The van der Waals surface area contributed by atoms with Crippen LogP contribution in [0.25, 0.3) is 0 Å². The van der Waals surface area contributed by atoms with Gasteiger partial charge in [0.2, 0.25) is 0 Å². The van der Waals surface area contributed by atoms with E-state index in [1.54, 1.807) is 25.6 Å². The van der Waals surface area contributed by atoms with E-state index in [4.69, 9.17) is 15.2 Å². The molecule has 20 heavy (non-hydrogen) atoms. The molecule has 116 valence electrons. The number of rotatable bonds is 10. The van der Waals surface area contributed by atoms with Crippen LogP contribution in [0.15, 0.2) is 15.9 Å². The van der Waals surface area contributed by atoms with Crippen LogP contribution in [0.4, 0.5) is 0 Å². The molecule has 1 aromatic heterocycles. The van der Waals surface area contributed by atoms with Gasteiger partial charge in [0, 0.05) is 38.2 Å². The SMILES string of the molecule is CCC(N)C(c1ccc(Br)s1)N(CCOC)CCOC. The summed E-state index contributed by atoms with van der Waals surface area (Å²) in [5.74, 6) is 0. The lowest BCUT2D eigenvalue weighted by molar-refractivity contribution is 0.0787. The Balaban J connectivity index is 2.90. The van der Waals surface area contributed by atoms with Crippen LogP contribution in [-0.2, 0) is 9.47 Å². The molecule has 0 amide bonds. The fraction of sp³-hybridized carbons (Fsp3) is 0.714. The normalized spacial score (nSPS) is 14.7. The number of methoxy groups -OCH3 is 2. The fourth-order valence-corrected chi connectivity index (χ4v) is 3.81. The van der Waals surface area contributed by atoms with Gasteiger partial charge in [-0.2, -0.15) is 0 Å². The summed E-state index contributed by atoms with van der Waals surface area (Å²) in [5.41, 5.74) is 6.37. The highest BCUT2D eigenvalue weighted by molar-refractivity contribution is 9.11. The monoisotopic (exact) mass is 364 g/mol. The summed E-state index contributed by atoms with van der Waals surface area (Å²) < 4.78 is 11.6.